The third-order valence-electron chi connectivity index (χ3n) is 4.16. The lowest BCUT2D eigenvalue weighted by Crippen LogP contribution is -2.45. The highest BCUT2D eigenvalue weighted by atomic mass is 28.4. The number of amides is 1. The largest absolute Gasteiger partial charge is 0.415 e. The van der Waals surface area contributed by atoms with Gasteiger partial charge in [-0.15, -0.1) is 6.42 Å². The average Bonchev–Trinajstić information content (AvgIpc) is 2.57. The van der Waals surface area contributed by atoms with E-state index in [9.17, 15) is 4.79 Å². The van der Waals surface area contributed by atoms with E-state index in [2.05, 4.69) is 39.8 Å². The van der Waals surface area contributed by atoms with E-state index in [1.165, 1.54) is 0 Å². The van der Waals surface area contributed by atoms with Crippen LogP contribution < -0.4 is 0 Å². The van der Waals surface area contributed by atoms with Gasteiger partial charge in [0.05, 0.1) is 19.2 Å². The second-order valence-corrected chi connectivity index (χ2v) is 11.3. The van der Waals surface area contributed by atoms with Crippen molar-refractivity contribution in [3.63, 3.8) is 0 Å². The number of nitrogens with zero attached hydrogens (tertiary/aromatic N) is 1. The van der Waals surface area contributed by atoms with Crippen LogP contribution in [0.25, 0.3) is 0 Å². The highest BCUT2D eigenvalue weighted by molar-refractivity contribution is 6.74. The van der Waals surface area contributed by atoms with Gasteiger partial charge in [-0.1, -0.05) is 26.7 Å². The average molecular weight is 267 g/mol. The smallest absolute Gasteiger partial charge is 0.223 e. The molecule has 1 heterocycles. The molecular weight excluding hydrogens is 242 g/mol. The Balaban J connectivity index is 2.59. The Hall–Kier alpha value is -0.793. The normalized spacial score (nSPS) is 21.2. The molecule has 1 aliphatic rings. The minimum absolute atomic E-state index is 0.164. The Labute approximate surface area is 112 Å². The van der Waals surface area contributed by atoms with E-state index in [1.54, 1.807) is 4.90 Å². The Bertz CT molecular complexity index is 352. The van der Waals surface area contributed by atoms with Gasteiger partial charge in [0, 0.05) is 6.42 Å². The van der Waals surface area contributed by atoms with E-state index < -0.39 is 8.32 Å². The zero-order chi connectivity index (χ0) is 14.0. The molecule has 0 N–H and O–H groups in total. The fraction of sp³-hybridized carbons (Fsp3) is 0.786. The molecule has 18 heavy (non-hydrogen) atoms. The van der Waals surface area contributed by atoms with Crippen molar-refractivity contribution in [2.24, 2.45) is 0 Å². The van der Waals surface area contributed by atoms with Crippen molar-refractivity contribution in [1.82, 2.24) is 4.90 Å². The first kappa shape index (κ1) is 15.3. The van der Waals surface area contributed by atoms with E-state index >= 15 is 0 Å². The summed E-state index contributed by atoms with van der Waals surface area (Å²) in [5.74, 6) is 2.72. The third kappa shape index (κ3) is 3.36. The molecule has 1 amide bonds. The number of rotatable bonds is 4. The third-order valence-corrected chi connectivity index (χ3v) is 8.66. The van der Waals surface area contributed by atoms with Crippen molar-refractivity contribution in [3.05, 3.63) is 0 Å². The van der Waals surface area contributed by atoms with Gasteiger partial charge >= 0.3 is 0 Å². The molecule has 1 saturated heterocycles. The van der Waals surface area contributed by atoms with Gasteiger partial charge in [-0.05, 0) is 24.6 Å². The topological polar surface area (TPSA) is 29.5 Å². The predicted octanol–water partition coefficient (Wildman–Crippen LogP) is 2.63. The van der Waals surface area contributed by atoms with Gasteiger partial charge in [-0.25, -0.2) is 0 Å². The molecule has 1 aliphatic heterocycles. The minimum atomic E-state index is -1.74. The van der Waals surface area contributed by atoms with Gasteiger partial charge in [0.25, 0.3) is 0 Å². The Morgan fingerprint density at radius 2 is 2.11 bits per heavy atom. The summed E-state index contributed by atoms with van der Waals surface area (Å²) in [7, 11) is -1.74. The fourth-order valence-corrected chi connectivity index (χ4v) is 2.85. The first-order valence-corrected chi connectivity index (χ1v) is 9.47. The first-order valence-electron chi connectivity index (χ1n) is 6.56. The SMILES string of the molecule is C#CCN1C(=O)CC[C@@H]1CO[Si](C)(C)C(C)(C)C. The zero-order valence-corrected chi connectivity index (χ0v) is 13.2. The quantitative estimate of drug-likeness (QED) is 0.579. The van der Waals surface area contributed by atoms with Gasteiger partial charge < -0.3 is 9.33 Å². The van der Waals surface area contributed by atoms with E-state index in [1.807, 2.05) is 0 Å². The molecule has 0 bridgehead atoms. The van der Waals surface area contributed by atoms with Crippen LogP contribution in [0.4, 0.5) is 0 Å². The van der Waals surface area contributed by atoms with Crippen molar-refractivity contribution in [2.45, 2.75) is 57.8 Å². The summed E-state index contributed by atoms with van der Waals surface area (Å²) in [6.07, 6.45) is 6.78. The van der Waals surface area contributed by atoms with E-state index in [0.717, 1.165) is 6.42 Å². The molecule has 0 radical (unpaired) electrons. The maximum absolute atomic E-state index is 11.7. The number of terminal acetylenes is 1. The maximum atomic E-state index is 11.7. The lowest BCUT2D eigenvalue weighted by molar-refractivity contribution is -0.128. The Morgan fingerprint density at radius 3 is 2.61 bits per heavy atom. The molecule has 102 valence electrons. The summed E-state index contributed by atoms with van der Waals surface area (Å²) in [5.41, 5.74) is 0. The molecule has 4 heteroatoms. The second kappa shape index (κ2) is 5.46. The molecule has 0 aromatic rings. The van der Waals surface area contributed by atoms with Crippen molar-refractivity contribution in [1.29, 1.82) is 0 Å². The molecule has 1 fully saturated rings. The predicted molar refractivity (Wildman–Crippen MR) is 76.7 cm³/mol. The molecule has 0 saturated carbocycles. The number of likely N-dealkylation sites (tertiary alicyclic amines) is 1. The fourth-order valence-electron chi connectivity index (χ4n) is 1.80. The number of hydrogen-bond acceptors (Lipinski definition) is 2. The summed E-state index contributed by atoms with van der Waals surface area (Å²) in [4.78, 5) is 13.5. The van der Waals surface area contributed by atoms with Crippen LogP contribution in [0.1, 0.15) is 33.6 Å². The van der Waals surface area contributed by atoms with Crippen molar-refractivity contribution >= 4 is 14.2 Å². The van der Waals surface area contributed by atoms with Crippen molar-refractivity contribution in [3.8, 4) is 12.3 Å². The van der Waals surface area contributed by atoms with Crippen LogP contribution in [0.15, 0.2) is 0 Å². The van der Waals surface area contributed by atoms with Crippen molar-refractivity contribution in [2.75, 3.05) is 13.2 Å². The summed E-state index contributed by atoms with van der Waals surface area (Å²) >= 11 is 0. The number of carbonyl (C=O) groups is 1. The summed E-state index contributed by atoms with van der Waals surface area (Å²) < 4.78 is 6.18. The highest BCUT2D eigenvalue weighted by Gasteiger charge is 2.39. The van der Waals surface area contributed by atoms with Gasteiger partial charge in [0.15, 0.2) is 8.32 Å². The molecule has 0 unspecified atom stereocenters. The standard InChI is InChI=1S/C14H25NO2Si/c1-7-10-15-12(8-9-13(15)16)11-17-18(5,6)14(2,3)4/h1,12H,8-11H2,2-6H3/t12-/m1/s1. The molecule has 1 atom stereocenters. The maximum Gasteiger partial charge on any atom is 0.223 e. The van der Waals surface area contributed by atoms with Crippen LogP contribution in [-0.2, 0) is 9.22 Å². The van der Waals surface area contributed by atoms with E-state index in [0.29, 0.717) is 19.6 Å². The molecule has 0 spiro atoms. The first-order chi connectivity index (χ1) is 8.19. The Morgan fingerprint density at radius 1 is 1.50 bits per heavy atom. The monoisotopic (exact) mass is 267 g/mol. The molecular formula is C14H25NO2Si. The Kier molecular flexibility index (Phi) is 4.63. The van der Waals surface area contributed by atoms with Crippen LogP contribution in [-0.4, -0.2) is 38.3 Å². The van der Waals surface area contributed by atoms with E-state index in [4.69, 9.17) is 10.8 Å². The minimum Gasteiger partial charge on any atom is -0.415 e. The molecule has 0 aromatic carbocycles. The summed E-state index contributed by atoms with van der Waals surface area (Å²) in [5, 5.41) is 0.201. The van der Waals surface area contributed by atoms with Gasteiger partial charge in [0.1, 0.15) is 0 Å². The van der Waals surface area contributed by atoms with Crippen LogP contribution in [0.3, 0.4) is 0 Å². The van der Waals surface area contributed by atoms with Gasteiger partial charge in [-0.2, -0.15) is 0 Å². The summed E-state index contributed by atoms with van der Waals surface area (Å²) in [6, 6.07) is 0.169. The number of hydrogen-bond donors (Lipinski definition) is 0. The molecule has 0 aromatic heterocycles. The van der Waals surface area contributed by atoms with Crippen LogP contribution in [0.5, 0.6) is 0 Å². The van der Waals surface area contributed by atoms with Crippen LogP contribution in [0, 0.1) is 12.3 Å². The van der Waals surface area contributed by atoms with Gasteiger partial charge in [0.2, 0.25) is 5.91 Å². The molecule has 3 nitrogen and oxygen atoms in total. The van der Waals surface area contributed by atoms with Crippen molar-refractivity contribution < 1.29 is 9.22 Å². The lowest BCUT2D eigenvalue weighted by atomic mass is 10.2. The molecule has 0 aliphatic carbocycles. The summed E-state index contributed by atoms with van der Waals surface area (Å²) in [6.45, 7) is 12.2. The second-order valence-electron chi connectivity index (χ2n) is 6.49. The van der Waals surface area contributed by atoms with E-state index in [-0.39, 0.29) is 17.0 Å². The van der Waals surface area contributed by atoms with Crippen LogP contribution >= 0.6 is 0 Å². The van der Waals surface area contributed by atoms with Crippen LogP contribution in [0.2, 0.25) is 18.1 Å². The van der Waals surface area contributed by atoms with Gasteiger partial charge in [-0.3, -0.25) is 4.79 Å². The number of carbonyl (C=O) groups excluding carboxylic acids is 1. The molecule has 1 rings (SSSR count). The highest BCUT2D eigenvalue weighted by Crippen LogP contribution is 2.37. The lowest BCUT2D eigenvalue weighted by Gasteiger charge is -2.37. The zero-order valence-electron chi connectivity index (χ0n) is 12.2.